The quantitative estimate of drug-likeness (QED) is 0.612. The molecule has 2 aromatic carbocycles. The van der Waals surface area contributed by atoms with Crippen molar-refractivity contribution < 1.29 is 4.74 Å². The number of hydrogen-bond donors (Lipinski definition) is 2. The van der Waals surface area contributed by atoms with Gasteiger partial charge in [-0.05, 0) is 50.1 Å². The summed E-state index contributed by atoms with van der Waals surface area (Å²) in [6.07, 6.45) is 1.03. The number of aromatic nitrogens is 2. The van der Waals surface area contributed by atoms with E-state index in [1.807, 2.05) is 44.2 Å². The van der Waals surface area contributed by atoms with E-state index in [0.717, 1.165) is 35.1 Å². The van der Waals surface area contributed by atoms with Crippen molar-refractivity contribution in [1.82, 2.24) is 9.97 Å². The highest BCUT2D eigenvalue weighted by Gasteiger charge is 2.07. The molecule has 0 saturated heterocycles. The molecule has 0 spiro atoms. The second kappa shape index (κ2) is 8.34. The Morgan fingerprint density at radius 2 is 1.69 bits per heavy atom. The van der Waals surface area contributed by atoms with Gasteiger partial charge in [-0.2, -0.15) is 4.98 Å². The molecule has 26 heavy (non-hydrogen) atoms. The molecule has 0 unspecified atom stereocenters. The van der Waals surface area contributed by atoms with Crippen molar-refractivity contribution >= 4 is 23.1 Å². The molecule has 0 amide bonds. The van der Waals surface area contributed by atoms with Crippen LogP contribution in [0.3, 0.4) is 0 Å². The molecular formula is C21H24N4O. The molecule has 3 rings (SSSR count). The van der Waals surface area contributed by atoms with E-state index in [2.05, 4.69) is 51.8 Å². The van der Waals surface area contributed by atoms with Gasteiger partial charge in [-0.15, -0.1) is 0 Å². The lowest BCUT2D eigenvalue weighted by Crippen LogP contribution is -2.04. The summed E-state index contributed by atoms with van der Waals surface area (Å²) in [5.74, 6) is 2.06. The van der Waals surface area contributed by atoms with Crippen LogP contribution in [-0.4, -0.2) is 16.6 Å². The van der Waals surface area contributed by atoms with E-state index >= 15 is 0 Å². The van der Waals surface area contributed by atoms with E-state index in [1.54, 1.807) is 0 Å². The zero-order valence-corrected chi connectivity index (χ0v) is 15.4. The molecular weight excluding hydrogens is 324 g/mol. The van der Waals surface area contributed by atoms with Crippen LogP contribution < -0.4 is 15.4 Å². The van der Waals surface area contributed by atoms with E-state index in [-0.39, 0.29) is 0 Å². The van der Waals surface area contributed by atoms with Crippen LogP contribution in [0.5, 0.6) is 5.75 Å². The number of benzene rings is 2. The summed E-state index contributed by atoms with van der Waals surface area (Å²) in [6, 6.07) is 18.1. The van der Waals surface area contributed by atoms with Gasteiger partial charge in [0.1, 0.15) is 11.6 Å². The first kappa shape index (κ1) is 17.7. The molecule has 5 nitrogen and oxygen atoms in total. The van der Waals surface area contributed by atoms with Crippen LogP contribution >= 0.6 is 0 Å². The van der Waals surface area contributed by atoms with Crippen LogP contribution in [0.15, 0.2) is 54.6 Å². The van der Waals surface area contributed by atoms with Gasteiger partial charge in [-0.3, -0.25) is 0 Å². The van der Waals surface area contributed by atoms with Crippen LogP contribution in [0.1, 0.15) is 25.1 Å². The lowest BCUT2D eigenvalue weighted by atomic mass is 10.1. The maximum absolute atomic E-state index is 5.65. The predicted molar refractivity (Wildman–Crippen MR) is 107 cm³/mol. The minimum Gasteiger partial charge on any atom is -0.492 e. The van der Waals surface area contributed by atoms with Gasteiger partial charge in [0, 0.05) is 17.4 Å². The first-order chi connectivity index (χ1) is 12.7. The van der Waals surface area contributed by atoms with Gasteiger partial charge < -0.3 is 15.4 Å². The van der Waals surface area contributed by atoms with E-state index in [0.29, 0.717) is 12.6 Å². The fourth-order valence-electron chi connectivity index (χ4n) is 2.63. The Morgan fingerprint density at radius 1 is 0.923 bits per heavy atom. The third kappa shape index (κ3) is 4.51. The average molecular weight is 348 g/mol. The largest absolute Gasteiger partial charge is 0.492 e. The number of nitrogens with one attached hydrogen (secondary N) is 2. The molecule has 2 N–H and O–H groups in total. The number of hydrogen-bond acceptors (Lipinski definition) is 5. The maximum Gasteiger partial charge on any atom is 0.229 e. The topological polar surface area (TPSA) is 59.1 Å². The molecule has 0 fully saturated rings. The zero-order chi connectivity index (χ0) is 18.4. The van der Waals surface area contributed by atoms with E-state index < -0.39 is 0 Å². The van der Waals surface area contributed by atoms with Crippen LogP contribution in [0, 0.1) is 6.92 Å². The molecule has 1 aromatic heterocycles. The Labute approximate surface area is 154 Å². The van der Waals surface area contributed by atoms with Crippen LogP contribution in [0.4, 0.5) is 23.1 Å². The number of anilines is 4. The first-order valence-corrected chi connectivity index (χ1v) is 8.88. The number of aryl methyl sites for hydroxylation is 2. The standard InChI is InChI=1S/C21H24N4O/c1-4-16-10-12-17(13-11-16)23-20-14-15(3)22-21(25-20)24-18-8-6-7-9-19(18)26-5-2/h6-14H,4-5H2,1-3H3,(H2,22,23,24,25). The second-order valence-electron chi connectivity index (χ2n) is 5.95. The molecule has 134 valence electrons. The fourth-order valence-corrected chi connectivity index (χ4v) is 2.63. The monoisotopic (exact) mass is 348 g/mol. The van der Waals surface area contributed by atoms with Crippen molar-refractivity contribution in [3.63, 3.8) is 0 Å². The summed E-state index contributed by atoms with van der Waals surface area (Å²) in [5.41, 5.74) is 4.03. The van der Waals surface area contributed by atoms with Crippen molar-refractivity contribution in [3.8, 4) is 5.75 Å². The maximum atomic E-state index is 5.65. The summed E-state index contributed by atoms with van der Waals surface area (Å²) >= 11 is 0. The lowest BCUT2D eigenvalue weighted by Gasteiger charge is -2.13. The molecule has 0 aliphatic rings. The van der Waals surface area contributed by atoms with Gasteiger partial charge in [0.05, 0.1) is 12.3 Å². The summed E-state index contributed by atoms with van der Waals surface area (Å²) in [6.45, 7) is 6.67. The fraction of sp³-hybridized carbons (Fsp3) is 0.238. The minimum absolute atomic E-state index is 0.532. The third-order valence-electron chi connectivity index (χ3n) is 3.92. The lowest BCUT2D eigenvalue weighted by molar-refractivity contribution is 0.342. The van der Waals surface area contributed by atoms with Gasteiger partial charge in [-0.25, -0.2) is 4.98 Å². The molecule has 0 radical (unpaired) electrons. The Morgan fingerprint density at radius 3 is 2.42 bits per heavy atom. The van der Waals surface area contributed by atoms with E-state index in [1.165, 1.54) is 5.56 Å². The normalized spacial score (nSPS) is 10.4. The van der Waals surface area contributed by atoms with Crippen molar-refractivity contribution in [2.75, 3.05) is 17.2 Å². The number of ether oxygens (including phenoxy) is 1. The SMILES string of the molecule is CCOc1ccccc1Nc1nc(C)cc(Nc2ccc(CC)cc2)n1. The smallest absolute Gasteiger partial charge is 0.229 e. The molecule has 3 aromatic rings. The van der Waals surface area contributed by atoms with Crippen molar-refractivity contribution in [1.29, 1.82) is 0 Å². The highest BCUT2D eigenvalue weighted by molar-refractivity contribution is 5.64. The van der Waals surface area contributed by atoms with Gasteiger partial charge in [-0.1, -0.05) is 31.2 Å². The van der Waals surface area contributed by atoms with E-state index in [4.69, 9.17) is 4.74 Å². The molecule has 0 saturated carbocycles. The van der Waals surface area contributed by atoms with Crippen LogP contribution in [0.2, 0.25) is 0 Å². The third-order valence-corrected chi connectivity index (χ3v) is 3.92. The van der Waals surface area contributed by atoms with Gasteiger partial charge in [0.25, 0.3) is 0 Å². The summed E-state index contributed by atoms with van der Waals surface area (Å²) in [7, 11) is 0. The number of rotatable bonds is 7. The molecule has 0 aliphatic heterocycles. The average Bonchev–Trinajstić information content (AvgIpc) is 2.64. The zero-order valence-electron chi connectivity index (χ0n) is 15.4. The van der Waals surface area contributed by atoms with Crippen LogP contribution in [-0.2, 0) is 6.42 Å². The number of para-hydroxylation sites is 2. The highest BCUT2D eigenvalue weighted by Crippen LogP contribution is 2.27. The number of nitrogens with zero attached hydrogens (tertiary/aromatic N) is 2. The Kier molecular flexibility index (Phi) is 5.69. The summed E-state index contributed by atoms with van der Waals surface area (Å²) < 4.78 is 5.65. The van der Waals surface area contributed by atoms with Crippen molar-refractivity contribution in [3.05, 3.63) is 65.9 Å². The molecule has 1 heterocycles. The molecule has 0 atom stereocenters. The highest BCUT2D eigenvalue weighted by atomic mass is 16.5. The van der Waals surface area contributed by atoms with Crippen molar-refractivity contribution in [2.24, 2.45) is 0 Å². The molecule has 0 bridgehead atoms. The van der Waals surface area contributed by atoms with E-state index in [9.17, 15) is 0 Å². The van der Waals surface area contributed by atoms with Gasteiger partial charge in [0.2, 0.25) is 5.95 Å². The second-order valence-corrected chi connectivity index (χ2v) is 5.95. The molecule has 5 heteroatoms. The van der Waals surface area contributed by atoms with Gasteiger partial charge in [0.15, 0.2) is 0 Å². The Hall–Kier alpha value is -3.08. The summed E-state index contributed by atoms with van der Waals surface area (Å²) in [4.78, 5) is 9.06. The molecule has 0 aliphatic carbocycles. The van der Waals surface area contributed by atoms with Crippen LogP contribution in [0.25, 0.3) is 0 Å². The first-order valence-electron chi connectivity index (χ1n) is 8.88. The Bertz CT molecular complexity index is 862. The Balaban J connectivity index is 1.81. The predicted octanol–water partition coefficient (Wildman–Crippen LogP) is 5.23. The minimum atomic E-state index is 0.532. The van der Waals surface area contributed by atoms with Gasteiger partial charge >= 0.3 is 0 Å². The summed E-state index contributed by atoms with van der Waals surface area (Å²) in [5, 5.41) is 6.59. The van der Waals surface area contributed by atoms with Crippen molar-refractivity contribution in [2.45, 2.75) is 27.2 Å².